The largest absolute Gasteiger partial charge is 0.308 e. The van der Waals surface area contributed by atoms with Crippen LogP contribution < -0.4 is 0 Å². The second-order valence-electron chi connectivity index (χ2n) is 15.2. The van der Waals surface area contributed by atoms with E-state index in [-0.39, 0.29) is 11.1 Å². The minimum atomic E-state index is 0.264. The van der Waals surface area contributed by atoms with Gasteiger partial charge in [-0.05, 0) is 77.9 Å². The number of rotatable bonds is 7. The molecule has 10 rings (SSSR count). The van der Waals surface area contributed by atoms with Crippen molar-refractivity contribution in [3.05, 3.63) is 204 Å². The summed E-state index contributed by atoms with van der Waals surface area (Å²) in [5.74, 6) is 1.25. The summed E-state index contributed by atoms with van der Waals surface area (Å²) in [4.78, 5) is 15.1. The molecule has 9 nitrogen and oxygen atoms in total. The molecule has 0 atom stereocenters. The van der Waals surface area contributed by atoms with Crippen LogP contribution >= 0.6 is 0 Å². The molecule has 0 bridgehead atoms. The van der Waals surface area contributed by atoms with E-state index in [1.165, 1.54) is 0 Å². The standard InChI is InChI=1S/C56H29N9/c57-30-35-10-9-15-40(24-35)41-20-23-52-48(27-41)47-16-7-8-17-51(47)65(52)53-49(45-21-18-36(31-58)25-43(45)33-60)28-42(29-50(53)46-22-19-37(32-59)26-44(46)34-61)56-63-54(38-11-3-1-4-12-38)62-55(64-56)39-13-5-2-6-14-39/h1-29H. The Morgan fingerprint density at radius 1 is 0.323 bits per heavy atom. The van der Waals surface area contributed by atoms with E-state index >= 15 is 0 Å². The highest BCUT2D eigenvalue weighted by Crippen LogP contribution is 2.46. The number of hydrogen-bond acceptors (Lipinski definition) is 8. The van der Waals surface area contributed by atoms with Crippen molar-refractivity contribution in [2.75, 3.05) is 0 Å². The maximum atomic E-state index is 10.8. The number of nitrogens with zero attached hydrogens (tertiary/aromatic N) is 9. The second-order valence-corrected chi connectivity index (χ2v) is 15.2. The van der Waals surface area contributed by atoms with E-state index in [0.717, 1.165) is 44.1 Å². The molecule has 0 amide bonds. The summed E-state index contributed by atoms with van der Waals surface area (Å²) in [6, 6.07) is 66.3. The molecule has 8 aromatic carbocycles. The van der Waals surface area contributed by atoms with Gasteiger partial charge in [0.1, 0.15) is 0 Å². The number of aromatic nitrogens is 4. The molecule has 0 aliphatic rings. The van der Waals surface area contributed by atoms with Gasteiger partial charge in [-0.1, -0.05) is 109 Å². The van der Waals surface area contributed by atoms with Crippen LogP contribution in [0.4, 0.5) is 0 Å². The molecule has 2 heterocycles. The molecule has 0 aliphatic carbocycles. The molecule has 0 saturated carbocycles. The van der Waals surface area contributed by atoms with Crippen molar-refractivity contribution >= 4 is 21.8 Å². The first-order valence-electron chi connectivity index (χ1n) is 20.5. The van der Waals surface area contributed by atoms with Crippen LogP contribution in [0.2, 0.25) is 0 Å². The fraction of sp³-hybridized carbons (Fsp3) is 0. The number of hydrogen-bond donors (Lipinski definition) is 0. The lowest BCUT2D eigenvalue weighted by molar-refractivity contribution is 1.07. The van der Waals surface area contributed by atoms with Gasteiger partial charge in [0.2, 0.25) is 0 Å². The first-order chi connectivity index (χ1) is 32.0. The predicted molar refractivity (Wildman–Crippen MR) is 250 cm³/mol. The van der Waals surface area contributed by atoms with E-state index in [0.29, 0.717) is 67.7 Å². The highest BCUT2D eigenvalue weighted by Gasteiger charge is 2.26. The third kappa shape index (κ3) is 7.05. The molecule has 0 N–H and O–H groups in total. The Labute approximate surface area is 373 Å². The lowest BCUT2D eigenvalue weighted by Gasteiger charge is -2.22. The van der Waals surface area contributed by atoms with E-state index in [9.17, 15) is 26.3 Å². The third-order valence-electron chi connectivity index (χ3n) is 11.4. The molecule has 0 aliphatic heterocycles. The normalized spacial score (nSPS) is 10.7. The Bertz CT molecular complexity index is 3620. The number of para-hydroxylation sites is 1. The van der Waals surface area contributed by atoms with Gasteiger partial charge in [-0.25, -0.2) is 15.0 Å². The zero-order chi connectivity index (χ0) is 44.4. The average Bonchev–Trinajstić information content (AvgIpc) is 3.71. The molecule has 0 fully saturated rings. The fourth-order valence-electron chi connectivity index (χ4n) is 8.40. The molecule has 2 aromatic heterocycles. The SMILES string of the molecule is N#Cc1cccc(-c2ccc3c(c2)c2ccccc2n3-c2c(-c3ccc(C#N)cc3C#N)cc(-c3nc(-c4ccccc4)nc(-c4ccccc4)n3)cc2-c2ccc(C#N)cc2C#N)c1. The molecule has 9 heteroatoms. The lowest BCUT2D eigenvalue weighted by atomic mass is 9.88. The van der Waals surface area contributed by atoms with Crippen molar-refractivity contribution in [1.29, 1.82) is 26.3 Å². The van der Waals surface area contributed by atoms with E-state index in [2.05, 4.69) is 47.0 Å². The Balaban J connectivity index is 1.37. The monoisotopic (exact) mass is 827 g/mol. The highest BCUT2D eigenvalue weighted by molar-refractivity contribution is 6.12. The lowest BCUT2D eigenvalue weighted by Crippen LogP contribution is -2.05. The minimum absolute atomic E-state index is 0.264. The Morgan fingerprint density at radius 3 is 1.35 bits per heavy atom. The summed E-state index contributed by atoms with van der Waals surface area (Å²) in [6.45, 7) is 0. The number of nitriles is 5. The second kappa shape index (κ2) is 16.5. The van der Waals surface area contributed by atoms with E-state index in [1.807, 2.05) is 121 Å². The zero-order valence-electron chi connectivity index (χ0n) is 34.3. The van der Waals surface area contributed by atoms with Crippen molar-refractivity contribution in [3.8, 4) is 104 Å². The maximum absolute atomic E-state index is 10.8. The van der Waals surface area contributed by atoms with Gasteiger partial charge in [-0.2, -0.15) is 26.3 Å². The molecule has 298 valence electrons. The van der Waals surface area contributed by atoms with Gasteiger partial charge in [0.05, 0.1) is 74.9 Å². The molecular weight excluding hydrogens is 799 g/mol. The van der Waals surface area contributed by atoms with Crippen LogP contribution in [0.3, 0.4) is 0 Å². The summed E-state index contributed by atoms with van der Waals surface area (Å²) < 4.78 is 2.14. The van der Waals surface area contributed by atoms with Gasteiger partial charge in [0, 0.05) is 49.7 Å². The summed E-state index contributed by atoms with van der Waals surface area (Å²) >= 11 is 0. The molecule has 0 radical (unpaired) electrons. The Hall–Kier alpha value is -9.98. The quantitative estimate of drug-likeness (QED) is 0.153. The smallest absolute Gasteiger partial charge is 0.164 e. The Morgan fingerprint density at radius 2 is 0.800 bits per heavy atom. The van der Waals surface area contributed by atoms with Crippen LogP contribution in [-0.2, 0) is 0 Å². The Kier molecular flexibility index (Phi) is 9.93. The summed E-state index contributed by atoms with van der Waals surface area (Å²) in [6.07, 6.45) is 0. The first-order valence-corrected chi connectivity index (χ1v) is 20.5. The van der Waals surface area contributed by atoms with Crippen LogP contribution in [-0.4, -0.2) is 19.5 Å². The van der Waals surface area contributed by atoms with Crippen molar-refractivity contribution in [2.24, 2.45) is 0 Å². The summed E-state index contributed by atoms with van der Waals surface area (Å²) in [7, 11) is 0. The fourth-order valence-corrected chi connectivity index (χ4v) is 8.40. The van der Waals surface area contributed by atoms with Crippen molar-refractivity contribution in [2.45, 2.75) is 0 Å². The van der Waals surface area contributed by atoms with Gasteiger partial charge in [-0.15, -0.1) is 0 Å². The number of fused-ring (bicyclic) bond motifs is 3. The van der Waals surface area contributed by atoms with Gasteiger partial charge in [0.25, 0.3) is 0 Å². The maximum Gasteiger partial charge on any atom is 0.164 e. The summed E-state index contributed by atoms with van der Waals surface area (Å²) in [5, 5.41) is 53.1. The molecule has 0 saturated heterocycles. The van der Waals surface area contributed by atoms with Crippen LogP contribution in [0.25, 0.3) is 95.0 Å². The average molecular weight is 828 g/mol. The van der Waals surface area contributed by atoms with Gasteiger partial charge in [0.15, 0.2) is 17.5 Å². The van der Waals surface area contributed by atoms with E-state index in [4.69, 9.17) is 15.0 Å². The summed E-state index contributed by atoms with van der Waals surface area (Å²) in [5.41, 5.74) is 10.3. The number of benzene rings is 8. The van der Waals surface area contributed by atoms with Gasteiger partial charge < -0.3 is 4.57 Å². The van der Waals surface area contributed by atoms with Crippen LogP contribution in [0.15, 0.2) is 176 Å². The first kappa shape index (κ1) is 39.2. The zero-order valence-corrected chi connectivity index (χ0v) is 34.3. The van der Waals surface area contributed by atoms with Crippen molar-refractivity contribution < 1.29 is 0 Å². The molecule has 0 spiro atoms. The molecule has 0 unspecified atom stereocenters. The highest BCUT2D eigenvalue weighted by atomic mass is 15.0. The van der Waals surface area contributed by atoms with Crippen LogP contribution in [0.5, 0.6) is 0 Å². The van der Waals surface area contributed by atoms with Crippen LogP contribution in [0.1, 0.15) is 27.8 Å². The third-order valence-corrected chi connectivity index (χ3v) is 11.4. The van der Waals surface area contributed by atoms with Gasteiger partial charge in [-0.3, -0.25) is 0 Å². The van der Waals surface area contributed by atoms with Crippen molar-refractivity contribution in [1.82, 2.24) is 19.5 Å². The van der Waals surface area contributed by atoms with Crippen LogP contribution in [0, 0.1) is 56.7 Å². The topological polar surface area (TPSA) is 163 Å². The minimum Gasteiger partial charge on any atom is -0.308 e. The van der Waals surface area contributed by atoms with E-state index < -0.39 is 0 Å². The van der Waals surface area contributed by atoms with Crippen molar-refractivity contribution in [3.63, 3.8) is 0 Å². The molecule has 10 aromatic rings. The van der Waals surface area contributed by atoms with Gasteiger partial charge >= 0.3 is 0 Å². The predicted octanol–water partition coefficient (Wildman–Crippen LogP) is 12.3. The molecular formula is C56H29N9. The van der Waals surface area contributed by atoms with E-state index in [1.54, 1.807) is 42.5 Å². The molecule has 65 heavy (non-hydrogen) atoms.